The number of fused-ring (bicyclic) bond motifs is 1. The van der Waals surface area contributed by atoms with E-state index in [0.717, 1.165) is 30.8 Å². The van der Waals surface area contributed by atoms with E-state index in [1.54, 1.807) is 22.9 Å². The fraction of sp³-hybridized carbons (Fsp3) is 0.409. The molecule has 29 heavy (non-hydrogen) atoms. The van der Waals surface area contributed by atoms with Gasteiger partial charge < -0.3 is 9.47 Å². The molecule has 1 saturated heterocycles. The highest BCUT2D eigenvalue weighted by Crippen LogP contribution is 2.22. The highest BCUT2D eigenvalue weighted by molar-refractivity contribution is 7.99. The second-order valence-electron chi connectivity index (χ2n) is 7.29. The molecule has 0 aliphatic carbocycles. The molecule has 0 bridgehead atoms. The number of thioether (sulfide) groups is 1. The molecule has 3 aromatic rings. The zero-order valence-electron chi connectivity index (χ0n) is 16.8. The summed E-state index contributed by atoms with van der Waals surface area (Å²) in [6.45, 7) is 5.91. The third-order valence-electron chi connectivity index (χ3n) is 5.02. The summed E-state index contributed by atoms with van der Waals surface area (Å²) in [4.78, 5) is 22.0. The molecule has 1 aliphatic rings. The highest BCUT2D eigenvalue weighted by atomic mass is 32.2. The van der Waals surface area contributed by atoms with Crippen molar-refractivity contribution in [3.63, 3.8) is 0 Å². The maximum absolute atomic E-state index is 13.1. The van der Waals surface area contributed by atoms with E-state index in [0.29, 0.717) is 35.1 Å². The van der Waals surface area contributed by atoms with Crippen LogP contribution in [-0.4, -0.2) is 39.6 Å². The summed E-state index contributed by atoms with van der Waals surface area (Å²) in [5.41, 5.74) is 2.71. The van der Waals surface area contributed by atoms with Crippen LogP contribution in [0.3, 0.4) is 0 Å². The van der Waals surface area contributed by atoms with Crippen LogP contribution in [-0.2, 0) is 11.3 Å². The van der Waals surface area contributed by atoms with Gasteiger partial charge in [0.25, 0.3) is 5.56 Å². The molecule has 7 heteroatoms. The number of hydrogen-bond acceptors (Lipinski definition) is 6. The lowest BCUT2D eigenvalue weighted by Gasteiger charge is -2.16. The number of pyridine rings is 1. The average Bonchev–Trinajstić information content (AvgIpc) is 3.23. The number of benzene rings is 1. The van der Waals surface area contributed by atoms with Crippen molar-refractivity contribution in [3.05, 3.63) is 58.0 Å². The van der Waals surface area contributed by atoms with Gasteiger partial charge in [-0.25, -0.2) is 9.97 Å². The zero-order chi connectivity index (χ0) is 20.2. The van der Waals surface area contributed by atoms with Crippen LogP contribution in [0.15, 0.2) is 46.5 Å². The van der Waals surface area contributed by atoms with E-state index in [9.17, 15) is 4.79 Å². The molecule has 1 aliphatic heterocycles. The Morgan fingerprint density at radius 2 is 2.21 bits per heavy atom. The van der Waals surface area contributed by atoms with Crippen molar-refractivity contribution in [2.45, 2.75) is 44.5 Å². The molecule has 1 fully saturated rings. The van der Waals surface area contributed by atoms with Gasteiger partial charge in [-0.05, 0) is 56.0 Å². The van der Waals surface area contributed by atoms with Crippen LogP contribution < -0.4 is 10.3 Å². The quantitative estimate of drug-likeness (QED) is 0.335. The van der Waals surface area contributed by atoms with Gasteiger partial charge >= 0.3 is 0 Å². The first-order chi connectivity index (χ1) is 14.1. The van der Waals surface area contributed by atoms with Crippen molar-refractivity contribution >= 4 is 22.8 Å². The van der Waals surface area contributed by atoms with Gasteiger partial charge in [0.05, 0.1) is 24.6 Å². The molecule has 0 amide bonds. The summed E-state index contributed by atoms with van der Waals surface area (Å²) in [5.74, 6) is 1.58. The fourth-order valence-corrected chi connectivity index (χ4v) is 4.26. The van der Waals surface area contributed by atoms with E-state index in [1.165, 1.54) is 17.3 Å². The Morgan fingerprint density at radius 3 is 3.03 bits per heavy atom. The number of aromatic nitrogens is 3. The van der Waals surface area contributed by atoms with E-state index in [-0.39, 0.29) is 11.7 Å². The molecule has 1 unspecified atom stereocenters. The summed E-state index contributed by atoms with van der Waals surface area (Å²) in [5, 5.41) is 1.21. The SMILES string of the molecule is Cc1ccc(C)c(OCCSc2nc3ncccc3c(=O)n2CC2CCCO2)c1. The van der Waals surface area contributed by atoms with Crippen LogP contribution in [0.5, 0.6) is 5.75 Å². The lowest BCUT2D eigenvalue weighted by Crippen LogP contribution is -2.29. The Kier molecular flexibility index (Phi) is 6.16. The van der Waals surface area contributed by atoms with Crippen molar-refractivity contribution in [2.75, 3.05) is 19.0 Å². The largest absolute Gasteiger partial charge is 0.492 e. The molecule has 3 heterocycles. The molecule has 0 spiro atoms. The van der Waals surface area contributed by atoms with Crippen molar-refractivity contribution < 1.29 is 9.47 Å². The molecule has 2 aromatic heterocycles. The van der Waals surface area contributed by atoms with Gasteiger partial charge in [0, 0.05) is 18.6 Å². The van der Waals surface area contributed by atoms with Gasteiger partial charge in [0.15, 0.2) is 10.8 Å². The minimum atomic E-state index is -0.0588. The Hall–Kier alpha value is -2.38. The minimum absolute atomic E-state index is 0.0588. The monoisotopic (exact) mass is 411 g/mol. The number of ether oxygens (including phenoxy) is 2. The van der Waals surface area contributed by atoms with Gasteiger partial charge in [-0.15, -0.1) is 0 Å². The van der Waals surface area contributed by atoms with Crippen molar-refractivity contribution in [2.24, 2.45) is 0 Å². The summed E-state index contributed by atoms with van der Waals surface area (Å²) >= 11 is 1.52. The predicted molar refractivity (Wildman–Crippen MR) is 115 cm³/mol. The van der Waals surface area contributed by atoms with Crippen molar-refractivity contribution in [1.29, 1.82) is 0 Å². The fourth-order valence-electron chi connectivity index (χ4n) is 3.45. The molecule has 1 atom stereocenters. The van der Waals surface area contributed by atoms with Gasteiger partial charge in [-0.3, -0.25) is 9.36 Å². The van der Waals surface area contributed by atoms with Gasteiger partial charge in [0.2, 0.25) is 0 Å². The lowest BCUT2D eigenvalue weighted by atomic mass is 10.1. The van der Waals surface area contributed by atoms with E-state index >= 15 is 0 Å². The number of rotatable bonds is 7. The van der Waals surface area contributed by atoms with Crippen LogP contribution in [0.2, 0.25) is 0 Å². The number of aryl methyl sites for hydroxylation is 2. The summed E-state index contributed by atoms with van der Waals surface area (Å²) in [6.07, 6.45) is 3.73. The van der Waals surface area contributed by atoms with Crippen LogP contribution in [0.1, 0.15) is 24.0 Å². The first kappa shape index (κ1) is 19.9. The van der Waals surface area contributed by atoms with Gasteiger partial charge in [-0.1, -0.05) is 23.9 Å². The van der Waals surface area contributed by atoms with E-state index < -0.39 is 0 Å². The third kappa shape index (κ3) is 4.62. The summed E-state index contributed by atoms with van der Waals surface area (Å²) in [7, 11) is 0. The molecule has 0 N–H and O–H groups in total. The normalized spacial score (nSPS) is 16.4. The Bertz CT molecular complexity index is 1060. The van der Waals surface area contributed by atoms with E-state index in [2.05, 4.69) is 29.0 Å². The number of nitrogens with zero attached hydrogens (tertiary/aromatic N) is 3. The highest BCUT2D eigenvalue weighted by Gasteiger charge is 2.20. The molecule has 0 radical (unpaired) electrons. The Balaban J connectivity index is 1.52. The van der Waals surface area contributed by atoms with Crippen LogP contribution in [0, 0.1) is 13.8 Å². The maximum Gasteiger partial charge on any atom is 0.263 e. The molecular formula is C22H25N3O3S. The topological polar surface area (TPSA) is 66.2 Å². The third-order valence-corrected chi connectivity index (χ3v) is 5.96. The van der Waals surface area contributed by atoms with E-state index in [1.807, 2.05) is 13.0 Å². The second-order valence-corrected chi connectivity index (χ2v) is 8.35. The van der Waals surface area contributed by atoms with Crippen molar-refractivity contribution in [1.82, 2.24) is 14.5 Å². The Morgan fingerprint density at radius 1 is 1.31 bits per heavy atom. The Labute approximate surface area is 174 Å². The molecule has 152 valence electrons. The van der Waals surface area contributed by atoms with Crippen molar-refractivity contribution in [3.8, 4) is 5.75 Å². The molecule has 4 rings (SSSR count). The summed E-state index contributed by atoms with van der Waals surface area (Å²) in [6, 6.07) is 9.74. The maximum atomic E-state index is 13.1. The zero-order valence-corrected chi connectivity index (χ0v) is 17.6. The number of hydrogen-bond donors (Lipinski definition) is 0. The van der Waals surface area contributed by atoms with E-state index in [4.69, 9.17) is 9.47 Å². The summed E-state index contributed by atoms with van der Waals surface area (Å²) < 4.78 is 13.4. The molecule has 0 saturated carbocycles. The minimum Gasteiger partial charge on any atom is -0.492 e. The smallest absolute Gasteiger partial charge is 0.263 e. The molecule has 1 aromatic carbocycles. The lowest BCUT2D eigenvalue weighted by molar-refractivity contribution is 0.0937. The molecular weight excluding hydrogens is 386 g/mol. The second kappa shape index (κ2) is 8.97. The van der Waals surface area contributed by atoms with Crippen LogP contribution in [0.25, 0.3) is 11.0 Å². The van der Waals surface area contributed by atoms with Gasteiger partial charge in [0.1, 0.15) is 5.75 Å². The first-order valence-corrected chi connectivity index (χ1v) is 10.9. The average molecular weight is 412 g/mol. The van der Waals surface area contributed by atoms with Crippen LogP contribution in [0.4, 0.5) is 0 Å². The predicted octanol–water partition coefficient (Wildman–Crippen LogP) is 3.76. The van der Waals surface area contributed by atoms with Crippen LogP contribution >= 0.6 is 11.8 Å². The molecule has 6 nitrogen and oxygen atoms in total. The van der Waals surface area contributed by atoms with Gasteiger partial charge in [-0.2, -0.15) is 0 Å². The first-order valence-electron chi connectivity index (χ1n) is 9.92. The standard InChI is InChI=1S/C22H25N3O3S/c1-15-7-8-16(2)19(13-15)28-11-12-29-22-24-20-18(6-3-9-23-20)21(26)25(22)14-17-5-4-10-27-17/h3,6-9,13,17H,4-5,10-12,14H2,1-2H3.